The predicted molar refractivity (Wildman–Crippen MR) is 42.6 cm³/mol. The molecule has 0 N–H and O–H groups in total. The van der Waals surface area contributed by atoms with E-state index in [0.717, 1.165) is 13.1 Å². The molecular weight excluding hydrogens is 127 g/mol. The highest BCUT2D eigenvalue weighted by Gasteiger charge is 2.29. The molecule has 4 heteroatoms. The lowest BCUT2D eigenvalue weighted by Gasteiger charge is -2.34. The van der Waals surface area contributed by atoms with Gasteiger partial charge in [0.25, 0.3) is 0 Å². The third kappa shape index (κ3) is 1.51. The van der Waals surface area contributed by atoms with Crippen LogP contribution in [0.25, 0.3) is 0 Å². The summed E-state index contributed by atoms with van der Waals surface area (Å²) in [6.45, 7) is 2.28. The van der Waals surface area contributed by atoms with Crippen LogP contribution >= 0.6 is 0 Å². The van der Waals surface area contributed by atoms with E-state index < -0.39 is 0 Å². The van der Waals surface area contributed by atoms with Gasteiger partial charge >= 0.3 is 7.19 Å². The lowest BCUT2D eigenvalue weighted by molar-refractivity contribution is 0.233. The Labute approximate surface area is 63.1 Å². The monoisotopic (exact) mass is 142 g/mol. The highest BCUT2D eigenvalue weighted by molar-refractivity contribution is 6.45. The molecule has 3 nitrogen and oxygen atoms in total. The van der Waals surface area contributed by atoms with Crippen molar-refractivity contribution in [2.75, 3.05) is 34.3 Å². The lowest BCUT2D eigenvalue weighted by atomic mass is 9.91. The molecule has 0 aromatic heterocycles. The van der Waals surface area contributed by atoms with E-state index in [1.165, 1.54) is 6.42 Å². The molecule has 58 valence electrons. The first-order valence-electron chi connectivity index (χ1n) is 3.69. The fourth-order valence-corrected chi connectivity index (χ4v) is 1.49. The Bertz CT molecular complexity index is 102. The van der Waals surface area contributed by atoms with Gasteiger partial charge in [0, 0.05) is 7.11 Å². The zero-order chi connectivity index (χ0) is 7.56. The quantitative estimate of drug-likeness (QED) is 0.475. The second kappa shape index (κ2) is 3.37. The first kappa shape index (κ1) is 8.05. The highest BCUT2D eigenvalue weighted by Crippen LogP contribution is 2.05. The van der Waals surface area contributed by atoms with E-state index in [9.17, 15) is 0 Å². The second-order valence-electron chi connectivity index (χ2n) is 2.88. The molecule has 0 saturated carbocycles. The Hall–Kier alpha value is -0.0551. The molecule has 1 rings (SSSR count). The van der Waals surface area contributed by atoms with Gasteiger partial charge in [-0.05, 0) is 33.6 Å². The van der Waals surface area contributed by atoms with Crippen LogP contribution in [-0.4, -0.2) is 51.1 Å². The molecule has 0 aliphatic carbocycles. The standard InChI is InChI=1S/C6H15BN2O/c1-8-5-4-6-9(2)7(8)10-3/h4-6H2,1-3H3. The zero-order valence-electron chi connectivity index (χ0n) is 7.00. The molecule has 0 amide bonds. The van der Waals surface area contributed by atoms with Crippen molar-refractivity contribution in [2.45, 2.75) is 6.42 Å². The molecule has 1 aliphatic rings. The lowest BCUT2D eigenvalue weighted by Crippen LogP contribution is -2.55. The van der Waals surface area contributed by atoms with E-state index >= 15 is 0 Å². The number of hydrogen-bond donors (Lipinski definition) is 0. The van der Waals surface area contributed by atoms with Crippen molar-refractivity contribution < 1.29 is 4.65 Å². The van der Waals surface area contributed by atoms with Crippen LogP contribution in [0, 0.1) is 0 Å². The third-order valence-electron chi connectivity index (χ3n) is 1.99. The zero-order valence-corrected chi connectivity index (χ0v) is 7.00. The molecule has 0 radical (unpaired) electrons. The minimum atomic E-state index is 0.189. The molecule has 1 heterocycles. The summed E-state index contributed by atoms with van der Waals surface area (Å²) in [7, 11) is 6.12. The molecule has 0 unspecified atom stereocenters. The van der Waals surface area contributed by atoms with Crippen LogP contribution in [0.5, 0.6) is 0 Å². The predicted octanol–water partition coefficient (Wildman–Crippen LogP) is -0.115. The molecule has 0 aromatic carbocycles. The van der Waals surface area contributed by atoms with Crippen LogP contribution in [0.3, 0.4) is 0 Å². The van der Waals surface area contributed by atoms with Crippen molar-refractivity contribution in [3.05, 3.63) is 0 Å². The van der Waals surface area contributed by atoms with E-state index in [-0.39, 0.29) is 7.19 Å². The van der Waals surface area contributed by atoms with E-state index in [4.69, 9.17) is 4.65 Å². The van der Waals surface area contributed by atoms with Gasteiger partial charge in [-0.25, -0.2) is 0 Å². The van der Waals surface area contributed by atoms with Crippen molar-refractivity contribution in [1.82, 2.24) is 9.62 Å². The van der Waals surface area contributed by atoms with Gasteiger partial charge in [0.15, 0.2) is 0 Å². The maximum atomic E-state index is 5.27. The summed E-state index contributed by atoms with van der Waals surface area (Å²) in [6, 6.07) is 0. The minimum Gasteiger partial charge on any atom is -0.411 e. The number of nitrogens with zero attached hydrogens (tertiary/aromatic N) is 2. The summed E-state index contributed by atoms with van der Waals surface area (Å²) >= 11 is 0. The average Bonchev–Trinajstić information content (AvgIpc) is 1.88. The SMILES string of the molecule is COB1N(C)CCCN1C. The smallest absolute Gasteiger partial charge is 0.411 e. The molecule has 0 aromatic rings. The molecule has 0 atom stereocenters. The van der Waals surface area contributed by atoms with E-state index in [2.05, 4.69) is 23.7 Å². The van der Waals surface area contributed by atoms with Gasteiger partial charge in [-0.3, -0.25) is 0 Å². The van der Waals surface area contributed by atoms with E-state index in [1.807, 2.05) is 0 Å². The van der Waals surface area contributed by atoms with E-state index in [1.54, 1.807) is 7.11 Å². The molecule has 1 saturated heterocycles. The van der Waals surface area contributed by atoms with Crippen molar-refractivity contribution in [1.29, 1.82) is 0 Å². The van der Waals surface area contributed by atoms with Gasteiger partial charge in [0.05, 0.1) is 0 Å². The Balaban J connectivity index is 2.45. The van der Waals surface area contributed by atoms with Gasteiger partial charge in [-0.1, -0.05) is 0 Å². The summed E-state index contributed by atoms with van der Waals surface area (Å²) in [5, 5.41) is 0. The van der Waals surface area contributed by atoms with Crippen LogP contribution < -0.4 is 0 Å². The first-order valence-corrected chi connectivity index (χ1v) is 3.69. The first-order chi connectivity index (χ1) is 4.75. The molecule has 0 bridgehead atoms. The Kier molecular flexibility index (Phi) is 2.71. The van der Waals surface area contributed by atoms with E-state index in [0.29, 0.717) is 0 Å². The summed E-state index contributed by atoms with van der Waals surface area (Å²) in [4.78, 5) is 4.42. The molecule has 1 aliphatic heterocycles. The summed E-state index contributed by atoms with van der Waals surface area (Å²) in [6.07, 6.45) is 1.24. The summed E-state index contributed by atoms with van der Waals surface area (Å²) < 4.78 is 5.27. The molecular formula is C6H15BN2O. The summed E-state index contributed by atoms with van der Waals surface area (Å²) in [5.41, 5.74) is 0. The van der Waals surface area contributed by atoms with Crippen LogP contribution in [0.2, 0.25) is 0 Å². The topological polar surface area (TPSA) is 15.7 Å². The largest absolute Gasteiger partial charge is 0.478 e. The fraction of sp³-hybridized carbons (Fsp3) is 1.00. The number of rotatable bonds is 1. The molecule has 0 spiro atoms. The van der Waals surface area contributed by atoms with Crippen molar-refractivity contribution in [2.24, 2.45) is 0 Å². The normalized spacial score (nSPS) is 23.7. The van der Waals surface area contributed by atoms with Crippen LogP contribution in [0.1, 0.15) is 6.42 Å². The van der Waals surface area contributed by atoms with Crippen molar-refractivity contribution in [3.63, 3.8) is 0 Å². The van der Waals surface area contributed by atoms with Gasteiger partial charge in [0.1, 0.15) is 0 Å². The molecule has 10 heavy (non-hydrogen) atoms. The maximum Gasteiger partial charge on any atom is 0.478 e. The Morgan fingerprint density at radius 3 is 2.00 bits per heavy atom. The Morgan fingerprint density at radius 1 is 1.20 bits per heavy atom. The highest BCUT2D eigenvalue weighted by atomic mass is 16.4. The van der Waals surface area contributed by atoms with Gasteiger partial charge in [-0.2, -0.15) is 0 Å². The van der Waals surface area contributed by atoms with Crippen molar-refractivity contribution in [3.8, 4) is 0 Å². The molecule has 1 fully saturated rings. The van der Waals surface area contributed by atoms with Crippen LogP contribution in [0.4, 0.5) is 0 Å². The van der Waals surface area contributed by atoms with Gasteiger partial charge < -0.3 is 14.3 Å². The second-order valence-corrected chi connectivity index (χ2v) is 2.88. The van der Waals surface area contributed by atoms with Crippen LogP contribution in [-0.2, 0) is 4.65 Å². The van der Waals surface area contributed by atoms with Crippen LogP contribution in [0.15, 0.2) is 0 Å². The van der Waals surface area contributed by atoms with Gasteiger partial charge in [0.2, 0.25) is 0 Å². The fourth-order valence-electron chi connectivity index (χ4n) is 1.49. The van der Waals surface area contributed by atoms with Gasteiger partial charge in [-0.15, -0.1) is 0 Å². The Morgan fingerprint density at radius 2 is 1.70 bits per heavy atom. The summed E-state index contributed by atoms with van der Waals surface area (Å²) in [5.74, 6) is 0. The van der Waals surface area contributed by atoms with Crippen molar-refractivity contribution >= 4 is 7.19 Å². The third-order valence-corrected chi connectivity index (χ3v) is 1.99. The maximum absolute atomic E-state index is 5.27. The minimum absolute atomic E-state index is 0.189. The average molecular weight is 142 g/mol. The number of hydrogen-bond acceptors (Lipinski definition) is 3.